The first-order valence-corrected chi connectivity index (χ1v) is 12.5. The van der Waals surface area contributed by atoms with E-state index in [1.807, 2.05) is 10.8 Å². The highest BCUT2D eigenvalue weighted by molar-refractivity contribution is 7.89. The summed E-state index contributed by atoms with van der Waals surface area (Å²) in [5, 5.41) is 0. The first-order valence-electron chi connectivity index (χ1n) is 10.9. The molecule has 0 amide bonds. The van der Waals surface area contributed by atoms with Gasteiger partial charge in [0.1, 0.15) is 5.82 Å². The normalized spacial score (nSPS) is 28.5. The van der Waals surface area contributed by atoms with Gasteiger partial charge in [-0.15, -0.1) is 0 Å². The summed E-state index contributed by atoms with van der Waals surface area (Å²) in [4.78, 5) is 4.57. The predicted molar refractivity (Wildman–Crippen MR) is 117 cm³/mol. The van der Waals surface area contributed by atoms with Crippen molar-refractivity contribution in [2.24, 2.45) is 11.8 Å². The second kappa shape index (κ2) is 6.74. The van der Waals surface area contributed by atoms with Crippen molar-refractivity contribution in [2.45, 2.75) is 37.6 Å². The SMILES string of the molecule is O=S1(=O)CC[C@@]2(N1)[C@@H]1CC[C@H]2Cc2cc(-c3cn(-c4ccc(F)cc4)cn3)ccc2C1. The predicted octanol–water partition coefficient (Wildman–Crippen LogP) is 3.87. The van der Waals surface area contributed by atoms with E-state index in [1.165, 1.54) is 23.3 Å². The number of fused-ring (bicyclic) bond motifs is 1. The lowest BCUT2D eigenvalue weighted by Gasteiger charge is -2.34. The highest BCUT2D eigenvalue weighted by Crippen LogP contribution is 2.51. The van der Waals surface area contributed by atoms with E-state index < -0.39 is 10.0 Å². The number of sulfonamides is 1. The molecule has 1 aliphatic heterocycles. The Morgan fingerprint density at radius 1 is 1.03 bits per heavy atom. The van der Waals surface area contributed by atoms with Crippen LogP contribution in [0.4, 0.5) is 4.39 Å². The Labute approximate surface area is 181 Å². The fourth-order valence-corrected chi connectivity index (χ4v) is 7.74. The lowest BCUT2D eigenvalue weighted by atomic mass is 9.78. The van der Waals surface area contributed by atoms with E-state index >= 15 is 0 Å². The van der Waals surface area contributed by atoms with Crippen molar-refractivity contribution in [1.82, 2.24) is 14.3 Å². The Kier molecular flexibility index (Phi) is 4.17. The molecule has 160 valence electrons. The number of imidazole rings is 1. The molecule has 2 aliphatic carbocycles. The maximum absolute atomic E-state index is 13.2. The van der Waals surface area contributed by atoms with E-state index in [2.05, 4.69) is 27.9 Å². The maximum atomic E-state index is 13.2. The molecule has 5 nitrogen and oxygen atoms in total. The van der Waals surface area contributed by atoms with Crippen LogP contribution in [0, 0.1) is 17.7 Å². The van der Waals surface area contributed by atoms with Gasteiger partial charge in [0.15, 0.2) is 0 Å². The Morgan fingerprint density at radius 2 is 1.77 bits per heavy atom. The zero-order valence-corrected chi connectivity index (χ0v) is 17.9. The van der Waals surface area contributed by atoms with Gasteiger partial charge in [-0.25, -0.2) is 22.5 Å². The van der Waals surface area contributed by atoms with E-state index in [-0.39, 0.29) is 17.1 Å². The third-order valence-electron chi connectivity index (χ3n) is 7.59. The maximum Gasteiger partial charge on any atom is 0.212 e. The first kappa shape index (κ1) is 19.2. The van der Waals surface area contributed by atoms with Crippen LogP contribution in [0.1, 0.15) is 30.4 Å². The van der Waals surface area contributed by atoms with Gasteiger partial charge in [-0.1, -0.05) is 12.1 Å². The molecule has 3 aliphatic rings. The van der Waals surface area contributed by atoms with Gasteiger partial charge in [0.05, 0.1) is 17.8 Å². The van der Waals surface area contributed by atoms with Crippen LogP contribution in [0.3, 0.4) is 0 Å². The Balaban J connectivity index is 1.32. The van der Waals surface area contributed by atoms with Gasteiger partial charge in [0.25, 0.3) is 0 Å². The minimum absolute atomic E-state index is 0.252. The molecular weight excluding hydrogens is 413 g/mol. The van der Waals surface area contributed by atoms with Crippen LogP contribution in [0.25, 0.3) is 16.9 Å². The minimum Gasteiger partial charge on any atom is -0.306 e. The van der Waals surface area contributed by atoms with Gasteiger partial charge in [-0.05, 0) is 85.4 Å². The van der Waals surface area contributed by atoms with E-state index in [1.54, 1.807) is 18.5 Å². The van der Waals surface area contributed by atoms with Crippen LogP contribution in [0.2, 0.25) is 0 Å². The number of rotatable bonds is 2. The number of nitrogens with zero attached hydrogens (tertiary/aromatic N) is 2. The Morgan fingerprint density at radius 3 is 2.48 bits per heavy atom. The zero-order chi connectivity index (χ0) is 21.2. The van der Waals surface area contributed by atoms with Gasteiger partial charge in [-0.2, -0.15) is 0 Å². The molecule has 3 aromatic rings. The summed E-state index contributed by atoms with van der Waals surface area (Å²) in [5.41, 5.74) is 5.17. The molecule has 2 fully saturated rings. The van der Waals surface area contributed by atoms with Crippen molar-refractivity contribution in [3.63, 3.8) is 0 Å². The molecular formula is C24H24FN3O2S. The molecule has 1 spiro atoms. The summed E-state index contributed by atoms with van der Waals surface area (Å²) >= 11 is 0. The van der Waals surface area contributed by atoms with Crippen molar-refractivity contribution in [1.29, 1.82) is 0 Å². The summed E-state index contributed by atoms with van der Waals surface area (Å²) in [6.07, 6.45) is 8.45. The van der Waals surface area contributed by atoms with E-state index in [0.29, 0.717) is 11.8 Å². The van der Waals surface area contributed by atoms with E-state index in [0.717, 1.165) is 49.0 Å². The number of nitrogens with one attached hydrogen (secondary N) is 1. The van der Waals surface area contributed by atoms with Crippen LogP contribution in [0.5, 0.6) is 0 Å². The first-order chi connectivity index (χ1) is 14.9. The van der Waals surface area contributed by atoms with E-state index in [4.69, 9.17) is 0 Å². The highest BCUT2D eigenvalue weighted by atomic mass is 32.2. The molecule has 3 atom stereocenters. The topological polar surface area (TPSA) is 64.0 Å². The van der Waals surface area contributed by atoms with Crippen LogP contribution < -0.4 is 4.72 Å². The van der Waals surface area contributed by atoms with Gasteiger partial charge in [0, 0.05) is 23.0 Å². The smallest absolute Gasteiger partial charge is 0.212 e. The molecule has 1 aromatic heterocycles. The minimum atomic E-state index is -3.15. The number of hydrogen-bond donors (Lipinski definition) is 1. The van der Waals surface area contributed by atoms with Crippen LogP contribution in [-0.2, 0) is 22.9 Å². The monoisotopic (exact) mass is 437 g/mol. The fraction of sp³-hybridized carbons (Fsp3) is 0.375. The van der Waals surface area contributed by atoms with Crippen molar-refractivity contribution in [2.75, 3.05) is 5.75 Å². The van der Waals surface area contributed by atoms with Crippen molar-refractivity contribution in [3.05, 3.63) is 71.9 Å². The lowest BCUT2D eigenvalue weighted by Crippen LogP contribution is -2.50. The summed E-state index contributed by atoms with van der Waals surface area (Å²) < 4.78 is 42.7. The van der Waals surface area contributed by atoms with Gasteiger partial charge in [0.2, 0.25) is 10.0 Å². The molecule has 0 radical (unpaired) electrons. The van der Waals surface area contributed by atoms with E-state index in [9.17, 15) is 12.8 Å². The summed E-state index contributed by atoms with van der Waals surface area (Å²) in [6, 6.07) is 12.9. The number of hydrogen-bond acceptors (Lipinski definition) is 3. The molecule has 2 heterocycles. The summed E-state index contributed by atoms with van der Waals surface area (Å²) in [6.45, 7) is 0. The average Bonchev–Trinajstić information content (AvgIpc) is 3.40. The summed E-state index contributed by atoms with van der Waals surface area (Å²) in [5.74, 6) is 0.719. The highest BCUT2D eigenvalue weighted by Gasteiger charge is 2.56. The molecule has 0 unspecified atom stereocenters. The van der Waals surface area contributed by atoms with Crippen LogP contribution in [-0.4, -0.2) is 29.3 Å². The quantitative estimate of drug-likeness (QED) is 0.662. The Bertz CT molecular complexity index is 1270. The second-order valence-electron chi connectivity index (χ2n) is 9.22. The molecule has 1 N–H and O–H groups in total. The molecule has 2 aromatic carbocycles. The largest absolute Gasteiger partial charge is 0.306 e. The molecule has 2 bridgehead atoms. The van der Waals surface area contributed by atoms with Crippen LogP contribution in [0.15, 0.2) is 55.0 Å². The molecule has 6 rings (SSSR count). The Hall–Kier alpha value is -2.51. The fourth-order valence-electron chi connectivity index (χ4n) is 6.02. The zero-order valence-electron chi connectivity index (χ0n) is 17.1. The summed E-state index contributed by atoms with van der Waals surface area (Å²) in [7, 11) is -3.15. The second-order valence-corrected chi connectivity index (χ2v) is 11.1. The lowest BCUT2D eigenvalue weighted by molar-refractivity contribution is 0.232. The number of benzene rings is 2. The third-order valence-corrected chi connectivity index (χ3v) is 9.03. The van der Waals surface area contributed by atoms with Crippen LogP contribution >= 0.6 is 0 Å². The molecule has 1 saturated carbocycles. The number of halogens is 1. The molecule has 7 heteroatoms. The third kappa shape index (κ3) is 3.13. The molecule has 31 heavy (non-hydrogen) atoms. The van der Waals surface area contributed by atoms with Crippen molar-refractivity contribution in [3.8, 4) is 16.9 Å². The van der Waals surface area contributed by atoms with Gasteiger partial charge >= 0.3 is 0 Å². The standard InChI is InChI=1S/C24H24FN3O2S/c25-21-5-7-22(8-6-21)28-14-23(26-15-28)17-2-1-16-12-19-3-4-20(13-18(16)11-17)24(19)9-10-31(29,30)27-24/h1-2,5-8,11,14-15,19-20,27H,3-4,9-10,12-13H2/t19-,20+,24-/m1/s1. The number of aromatic nitrogens is 2. The van der Waals surface area contributed by atoms with Crippen molar-refractivity contribution < 1.29 is 12.8 Å². The van der Waals surface area contributed by atoms with Gasteiger partial charge in [-0.3, -0.25) is 0 Å². The van der Waals surface area contributed by atoms with Gasteiger partial charge < -0.3 is 4.57 Å². The average molecular weight is 438 g/mol. The van der Waals surface area contributed by atoms with Crippen molar-refractivity contribution >= 4 is 10.0 Å². The molecule has 1 saturated heterocycles.